The molecule has 2 aliphatic heterocycles. The first-order valence-corrected chi connectivity index (χ1v) is 21.7. The smallest absolute Gasteiger partial charge is 0.324 e. The Morgan fingerprint density at radius 1 is 1.19 bits per heavy atom. The highest BCUT2D eigenvalue weighted by atomic mass is 32.1. The summed E-state index contributed by atoms with van der Waals surface area (Å²) in [5.74, 6) is -2.15. The lowest BCUT2D eigenvalue weighted by Gasteiger charge is -2.35. The number of fused-ring (bicyclic) bond motifs is 6. The van der Waals surface area contributed by atoms with Crippen LogP contribution in [0, 0.1) is 11.3 Å². The molecule has 4 atom stereocenters. The predicted molar refractivity (Wildman–Crippen MR) is 230 cm³/mol. The Morgan fingerprint density at radius 2 is 1.98 bits per heavy atom. The van der Waals surface area contributed by atoms with Crippen LogP contribution < -0.4 is 16.1 Å². The molecule has 3 aromatic heterocycles. The summed E-state index contributed by atoms with van der Waals surface area (Å²) in [6.07, 6.45) is 6.40. The minimum Gasteiger partial charge on any atom is -0.464 e. The molecule has 13 nitrogen and oxygen atoms in total. The minimum atomic E-state index is -1.01. The summed E-state index contributed by atoms with van der Waals surface area (Å²) >= 11 is 1.43. The Hall–Kier alpha value is -4.92. The number of aryl methyl sites for hydroxylation is 1. The van der Waals surface area contributed by atoms with Crippen molar-refractivity contribution in [3.63, 3.8) is 0 Å². The van der Waals surface area contributed by atoms with Crippen molar-refractivity contribution in [1.29, 1.82) is 0 Å². The molecule has 1 aromatic carbocycles. The highest BCUT2D eigenvalue weighted by Crippen LogP contribution is 2.42. The van der Waals surface area contributed by atoms with Crippen LogP contribution in [0.2, 0.25) is 0 Å². The number of ether oxygens (including phenoxy) is 2. The van der Waals surface area contributed by atoms with E-state index in [4.69, 9.17) is 19.4 Å². The third kappa shape index (κ3) is 9.77. The van der Waals surface area contributed by atoms with Crippen molar-refractivity contribution in [2.24, 2.45) is 11.3 Å². The van der Waals surface area contributed by atoms with Crippen LogP contribution in [-0.4, -0.2) is 82.6 Å². The third-order valence-corrected chi connectivity index (χ3v) is 12.5. The van der Waals surface area contributed by atoms with Gasteiger partial charge in [0, 0.05) is 79.1 Å². The zero-order valence-electron chi connectivity index (χ0n) is 35.6. The molecule has 316 valence electrons. The van der Waals surface area contributed by atoms with E-state index in [1.165, 1.54) is 16.3 Å². The minimum absolute atomic E-state index is 0.0202. The second-order valence-electron chi connectivity index (χ2n) is 16.4. The van der Waals surface area contributed by atoms with E-state index in [0.29, 0.717) is 43.8 Å². The number of hydrazine groups is 1. The summed E-state index contributed by atoms with van der Waals surface area (Å²) in [6.45, 7) is 13.5. The lowest BCUT2D eigenvalue weighted by atomic mass is 9.84. The molecule has 5 heterocycles. The van der Waals surface area contributed by atoms with Crippen LogP contribution in [0.5, 0.6) is 0 Å². The van der Waals surface area contributed by atoms with Gasteiger partial charge in [-0.05, 0) is 82.7 Å². The zero-order chi connectivity index (χ0) is 42.4. The number of carbonyl (C=O) groups is 4. The first-order valence-electron chi connectivity index (χ1n) is 20.8. The summed E-state index contributed by atoms with van der Waals surface area (Å²) in [4.78, 5) is 64.7. The van der Waals surface area contributed by atoms with E-state index < -0.39 is 29.4 Å². The van der Waals surface area contributed by atoms with Gasteiger partial charge in [0.1, 0.15) is 12.1 Å². The van der Waals surface area contributed by atoms with E-state index in [2.05, 4.69) is 65.7 Å². The van der Waals surface area contributed by atoms with Crippen molar-refractivity contribution in [2.75, 3.05) is 27.3 Å². The predicted octanol–water partition coefficient (Wildman–Crippen LogP) is 6.70. The van der Waals surface area contributed by atoms with Crippen molar-refractivity contribution >= 4 is 45.9 Å². The quantitative estimate of drug-likeness (QED) is 0.111. The fourth-order valence-electron chi connectivity index (χ4n) is 8.22. The van der Waals surface area contributed by atoms with Crippen molar-refractivity contribution in [1.82, 2.24) is 35.6 Å². The maximum Gasteiger partial charge on any atom is 0.324 e. The first-order chi connectivity index (χ1) is 28.3. The summed E-state index contributed by atoms with van der Waals surface area (Å²) in [5, 5.41) is 10.8. The van der Waals surface area contributed by atoms with Crippen molar-refractivity contribution in [3.8, 4) is 22.5 Å². The van der Waals surface area contributed by atoms with Gasteiger partial charge in [0.2, 0.25) is 11.8 Å². The molecule has 14 heteroatoms. The molecule has 3 amide bonds. The number of hydrogen-bond donors (Lipinski definition) is 3. The molecule has 4 aromatic rings. The summed E-state index contributed by atoms with van der Waals surface area (Å²) < 4.78 is 14.2. The van der Waals surface area contributed by atoms with Gasteiger partial charge in [-0.25, -0.2) is 10.4 Å². The molecule has 1 saturated heterocycles. The number of hydrogen-bond acceptors (Lipinski definition) is 10. The monoisotopic (exact) mass is 825 g/mol. The van der Waals surface area contributed by atoms with Crippen LogP contribution in [0.3, 0.4) is 0 Å². The second-order valence-corrected chi connectivity index (χ2v) is 17.3. The highest BCUT2D eigenvalue weighted by molar-refractivity contribution is 7.10. The van der Waals surface area contributed by atoms with Crippen LogP contribution in [0.4, 0.5) is 0 Å². The first kappa shape index (κ1) is 43.7. The number of esters is 1. The Kier molecular flexibility index (Phi) is 14.0. The van der Waals surface area contributed by atoms with Gasteiger partial charge in [-0.1, -0.05) is 38.5 Å². The normalized spacial score (nSPS) is 19.8. The maximum absolute atomic E-state index is 14.4. The Morgan fingerprint density at radius 3 is 2.69 bits per heavy atom. The molecule has 0 saturated carbocycles. The highest BCUT2D eigenvalue weighted by Gasteiger charge is 2.37. The second kappa shape index (κ2) is 19.0. The number of benzene rings is 1. The fourth-order valence-corrected chi connectivity index (χ4v) is 9.07. The zero-order valence-corrected chi connectivity index (χ0v) is 36.5. The number of amides is 3. The van der Waals surface area contributed by atoms with E-state index in [0.717, 1.165) is 56.7 Å². The van der Waals surface area contributed by atoms with Crippen LogP contribution in [0.1, 0.15) is 96.0 Å². The summed E-state index contributed by atoms with van der Waals surface area (Å²) in [6, 6.07) is 8.68. The lowest BCUT2D eigenvalue weighted by molar-refractivity contribution is -0.155. The Balaban J connectivity index is 1.46. The number of allylic oxidation sites excluding steroid dienone is 2. The van der Waals surface area contributed by atoms with Crippen molar-refractivity contribution < 1.29 is 28.7 Å². The van der Waals surface area contributed by atoms with Gasteiger partial charge in [0.15, 0.2) is 0 Å². The average Bonchev–Trinajstić information content (AvgIpc) is 3.84. The molecule has 0 spiro atoms. The van der Waals surface area contributed by atoms with Crippen LogP contribution in [0.15, 0.2) is 53.6 Å². The molecule has 0 radical (unpaired) electrons. The van der Waals surface area contributed by atoms with Gasteiger partial charge in [0.25, 0.3) is 5.91 Å². The van der Waals surface area contributed by atoms with Gasteiger partial charge >= 0.3 is 5.97 Å². The van der Waals surface area contributed by atoms with Crippen LogP contribution in [-0.2, 0) is 48.0 Å². The van der Waals surface area contributed by atoms with Gasteiger partial charge in [0.05, 0.1) is 40.7 Å². The number of nitrogens with one attached hydrogen (secondary N) is 3. The van der Waals surface area contributed by atoms with Crippen LogP contribution in [0.25, 0.3) is 33.4 Å². The summed E-state index contributed by atoms with van der Waals surface area (Å²) in [7, 11) is 3.23. The molecule has 0 unspecified atom stereocenters. The van der Waals surface area contributed by atoms with Gasteiger partial charge in [-0.2, -0.15) is 0 Å². The average molecular weight is 826 g/mol. The van der Waals surface area contributed by atoms with E-state index in [1.54, 1.807) is 20.4 Å². The largest absolute Gasteiger partial charge is 0.464 e. The molecule has 2 aliphatic rings. The summed E-state index contributed by atoms with van der Waals surface area (Å²) in [5.41, 5.74) is 10.4. The molecule has 6 rings (SSSR count). The molecule has 59 heavy (non-hydrogen) atoms. The van der Waals surface area contributed by atoms with Gasteiger partial charge < -0.3 is 24.7 Å². The SMILES string of the molecule is C/C=C(\CC)C[C@@H](CC(=O)NC)C(=O)N[C@H]1Cc2nc(cs2)-c2ccc3c(c2)c(c(-c2cccnc2[C@H](C)OC)n3CC)CC(C)(C)COC(=O)[C@@H]2CCCN(N2)C1=O. The molecular weight excluding hydrogens is 767 g/mol. The van der Waals surface area contributed by atoms with E-state index in [9.17, 15) is 19.2 Å². The van der Waals surface area contributed by atoms with E-state index >= 15 is 0 Å². The third-order valence-electron chi connectivity index (χ3n) is 11.6. The number of carbonyl (C=O) groups excluding carboxylic acids is 4. The molecule has 6 bridgehead atoms. The lowest BCUT2D eigenvalue weighted by Crippen LogP contribution is -2.60. The van der Waals surface area contributed by atoms with Gasteiger partial charge in [-0.3, -0.25) is 29.2 Å². The maximum atomic E-state index is 14.4. The van der Waals surface area contributed by atoms with Crippen molar-refractivity contribution in [3.05, 3.63) is 69.8 Å². The van der Waals surface area contributed by atoms with E-state index in [-0.39, 0.29) is 43.3 Å². The van der Waals surface area contributed by atoms with Crippen LogP contribution >= 0.6 is 11.3 Å². The molecule has 3 N–H and O–H groups in total. The number of nitrogens with zero attached hydrogens (tertiary/aromatic N) is 4. The topological polar surface area (TPSA) is 157 Å². The number of pyridine rings is 1. The number of cyclic esters (lactones) is 1. The Bertz CT molecular complexity index is 2210. The van der Waals surface area contributed by atoms with Gasteiger partial charge in [-0.15, -0.1) is 11.3 Å². The number of thiazole rings is 1. The standard InChI is InChI=1S/C45H59N7O6S/c1-9-28(10-2)20-30(22-38(53)46-7)42(54)49-35-23-39-48-36(25-59-39)29-16-17-37-32(21-29)33(41(51(37)11-3)31-14-12-18-47-40(31)27(4)57-8)24-45(5,6)26-58-44(56)34-15-13-19-52(50-34)43(35)55/h9,12,14,16-18,21,25,27,30,34-35,50H,10-11,13,15,19-20,22-24,26H2,1-8H3,(H,46,53)(H,49,54)/b28-9+/t27-,30-,34-,35-/m0/s1. The molecular formula is C45H59N7O6S. The number of methoxy groups -OCH3 is 1. The number of aromatic nitrogens is 3. The molecule has 1 fully saturated rings. The van der Waals surface area contributed by atoms with Crippen molar-refractivity contribution in [2.45, 2.75) is 111 Å². The van der Waals surface area contributed by atoms with E-state index in [1.807, 2.05) is 38.3 Å². The number of rotatable bonds is 11. The molecule has 0 aliphatic carbocycles. The fraction of sp³-hybridized carbons (Fsp3) is 0.511. The Labute approximate surface area is 351 Å².